The molecule has 0 atom stereocenters. The molecule has 0 saturated carbocycles. The SMILES string of the molecule is Cc1nc2cc(CCNCCS)ccc2o1. The summed E-state index contributed by atoms with van der Waals surface area (Å²) >= 11 is 4.15. The first-order valence-electron chi connectivity index (χ1n) is 5.47. The first-order chi connectivity index (χ1) is 7.79. The van der Waals surface area contributed by atoms with Crippen molar-refractivity contribution in [3.8, 4) is 0 Å². The number of aryl methyl sites for hydroxylation is 1. The zero-order valence-corrected chi connectivity index (χ0v) is 10.3. The van der Waals surface area contributed by atoms with Crippen molar-refractivity contribution >= 4 is 23.7 Å². The van der Waals surface area contributed by atoms with Crippen LogP contribution in [-0.4, -0.2) is 23.8 Å². The third kappa shape index (κ3) is 2.77. The van der Waals surface area contributed by atoms with E-state index in [9.17, 15) is 0 Å². The molecule has 0 radical (unpaired) electrons. The molecule has 2 rings (SSSR count). The molecule has 0 fully saturated rings. The van der Waals surface area contributed by atoms with Crippen LogP contribution in [0.25, 0.3) is 11.1 Å². The standard InChI is InChI=1S/C12H16N2OS/c1-9-14-11-8-10(2-3-12(11)15-9)4-5-13-6-7-16/h2-3,8,13,16H,4-7H2,1H3. The van der Waals surface area contributed by atoms with E-state index in [1.807, 2.05) is 13.0 Å². The summed E-state index contributed by atoms with van der Waals surface area (Å²) in [5.74, 6) is 1.60. The number of thiol groups is 1. The molecule has 1 N–H and O–H groups in total. The Morgan fingerprint density at radius 3 is 3.06 bits per heavy atom. The van der Waals surface area contributed by atoms with E-state index in [-0.39, 0.29) is 0 Å². The molecule has 16 heavy (non-hydrogen) atoms. The van der Waals surface area contributed by atoms with Crippen molar-refractivity contribution in [3.05, 3.63) is 29.7 Å². The molecule has 1 aromatic carbocycles. The van der Waals surface area contributed by atoms with Gasteiger partial charge in [-0.3, -0.25) is 0 Å². The van der Waals surface area contributed by atoms with Gasteiger partial charge in [0.05, 0.1) is 0 Å². The van der Waals surface area contributed by atoms with E-state index in [0.29, 0.717) is 0 Å². The molecule has 0 saturated heterocycles. The number of oxazole rings is 1. The summed E-state index contributed by atoms with van der Waals surface area (Å²) in [6.07, 6.45) is 1.01. The molecule has 3 nitrogen and oxygen atoms in total. The maximum Gasteiger partial charge on any atom is 0.192 e. The highest BCUT2D eigenvalue weighted by Crippen LogP contribution is 2.16. The highest BCUT2D eigenvalue weighted by molar-refractivity contribution is 7.80. The summed E-state index contributed by atoms with van der Waals surface area (Å²) in [7, 11) is 0. The first kappa shape index (κ1) is 11.5. The molecular weight excluding hydrogens is 220 g/mol. The number of nitrogens with one attached hydrogen (secondary N) is 1. The quantitative estimate of drug-likeness (QED) is 0.617. The summed E-state index contributed by atoms with van der Waals surface area (Å²) in [6.45, 7) is 3.80. The molecule has 0 aliphatic carbocycles. The van der Waals surface area contributed by atoms with Gasteiger partial charge in [-0.05, 0) is 30.7 Å². The highest BCUT2D eigenvalue weighted by Gasteiger charge is 2.02. The predicted molar refractivity (Wildman–Crippen MR) is 69.2 cm³/mol. The van der Waals surface area contributed by atoms with Crippen molar-refractivity contribution in [1.29, 1.82) is 0 Å². The van der Waals surface area contributed by atoms with Gasteiger partial charge in [0.25, 0.3) is 0 Å². The molecule has 4 heteroatoms. The van der Waals surface area contributed by atoms with E-state index in [0.717, 1.165) is 42.3 Å². The van der Waals surface area contributed by atoms with Crippen molar-refractivity contribution < 1.29 is 4.42 Å². The Bertz CT molecular complexity index is 467. The fraction of sp³-hybridized carbons (Fsp3) is 0.417. The molecule has 0 bridgehead atoms. The fourth-order valence-electron chi connectivity index (χ4n) is 1.68. The molecule has 2 aromatic rings. The minimum Gasteiger partial charge on any atom is -0.441 e. The molecular formula is C12H16N2OS. The number of rotatable bonds is 5. The Morgan fingerprint density at radius 1 is 1.38 bits per heavy atom. The summed E-state index contributed by atoms with van der Waals surface area (Å²) in [6, 6.07) is 6.17. The second-order valence-corrected chi connectivity index (χ2v) is 4.21. The zero-order valence-electron chi connectivity index (χ0n) is 9.36. The Balaban J connectivity index is 2.02. The number of aromatic nitrogens is 1. The van der Waals surface area contributed by atoms with Gasteiger partial charge < -0.3 is 9.73 Å². The lowest BCUT2D eigenvalue weighted by Crippen LogP contribution is -2.19. The van der Waals surface area contributed by atoms with Gasteiger partial charge in [0, 0.05) is 19.2 Å². The number of fused-ring (bicyclic) bond motifs is 1. The monoisotopic (exact) mass is 236 g/mol. The fourth-order valence-corrected chi connectivity index (χ4v) is 1.84. The number of nitrogens with zero attached hydrogens (tertiary/aromatic N) is 1. The third-order valence-corrected chi connectivity index (χ3v) is 2.66. The van der Waals surface area contributed by atoms with Crippen LogP contribution in [0.4, 0.5) is 0 Å². The Labute approximate surface area is 101 Å². The second kappa shape index (κ2) is 5.37. The van der Waals surface area contributed by atoms with Gasteiger partial charge in [0.2, 0.25) is 0 Å². The Kier molecular flexibility index (Phi) is 3.85. The van der Waals surface area contributed by atoms with Crippen LogP contribution in [0.2, 0.25) is 0 Å². The Hall–Kier alpha value is -1.00. The lowest BCUT2D eigenvalue weighted by molar-refractivity contribution is 0.561. The van der Waals surface area contributed by atoms with Crippen molar-refractivity contribution in [2.45, 2.75) is 13.3 Å². The summed E-state index contributed by atoms with van der Waals surface area (Å²) in [5, 5.41) is 3.32. The average molecular weight is 236 g/mol. The van der Waals surface area contributed by atoms with Gasteiger partial charge in [-0.2, -0.15) is 12.6 Å². The van der Waals surface area contributed by atoms with Gasteiger partial charge in [-0.1, -0.05) is 6.07 Å². The van der Waals surface area contributed by atoms with Crippen LogP contribution >= 0.6 is 12.6 Å². The van der Waals surface area contributed by atoms with Crippen LogP contribution in [0.1, 0.15) is 11.5 Å². The van der Waals surface area contributed by atoms with Gasteiger partial charge in [0.15, 0.2) is 11.5 Å². The third-order valence-electron chi connectivity index (χ3n) is 2.44. The molecule has 0 aliphatic heterocycles. The van der Waals surface area contributed by atoms with Crippen LogP contribution in [0.15, 0.2) is 22.6 Å². The van der Waals surface area contributed by atoms with Crippen LogP contribution in [0, 0.1) is 6.92 Å². The van der Waals surface area contributed by atoms with E-state index >= 15 is 0 Å². The van der Waals surface area contributed by atoms with Crippen LogP contribution in [-0.2, 0) is 6.42 Å². The molecule has 0 aliphatic rings. The van der Waals surface area contributed by atoms with E-state index in [1.165, 1.54) is 5.56 Å². The largest absolute Gasteiger partial charge is 0.441 e. The van der Waals surface area contributed by atoms with Gasteiger partial charge in [-0.25, -0.2) is 4.98 Å². The van der Waals surface area contributed by atoms with Crippen molar-refractivity contribution in [2.75, 3.05) is 18.8 Å². The molecule has 86 valence electrons. The summed E-state index contributed by atoms with van der Waals surface area (Å²) in [5.41, 5.74) is 3.10. The van der Waals surface area contributed by atoms with E-state index in [2.05, 4.69) is 35.1 Å². The number of hydrogen-bond acceptors (Lipinski definition) is 4. The lowest BCUT2D eigenvalue weighted by atomic mass is 10.1. The van der Waals surface area contributed by atoms with Gasteiger partial charge >= 0.3 is 0 Å². The van der Waals surface area contributed by atoms with Crippen LogP contribution < -0.4 is 5.32 Å². The first-order valence-corrected chi connectivity index (χ1v) is 6.10. The van der Waals surface area contributed by atoms with Crippen molar-refractivity contribution in [1.82, 2.24) is 10.3 Å². The number of hydrogen-bond donors (Lipinski definition) is 2. The van der Waals surface area contributed by atoms with Gasteiger partial charge in [-0.15, -0.1) is 0 Å². The normalized spacial score (nSPS) is 11.1. The van der Waals surface area contributed by atoms with Gasteiger partial charge in [0.1, 0.15) is 5.52 Å². The Morgan fingerprint density at radius 2 is 2.25 bits per heavy atom. The lowest BCUT2D eigenvalue weighted by Gasteiger charge is -2.02. The maximum atomic E-state index is 5.43. The maximum absolute atomic E-state index is 5.43. The predicted octanol–water partition coefficient (Wildman–Crippen LogP) is 2.20. The molecule has 1 aromatic heterocycles. The molecule has 0 amide bonds. The van der Waals surface area contributed by atoms with E-state index < -0.39 is 0 Å². The number of benzene rings is 1. The van der Waals surface area contributed by atoms with Crippen LogP contribution in [0.3, 0.4) is 0 Å². The molecule has 1 heterocycles. The molecule has 0 spiro atoms. The minimum absolute atomic E-state index is 0.723. The van der Waals surface area contributed by atoms with Crippen molar-refractivity contribution in [3.63, 3.8) is 0 Å². The second-order valence-electron chi connectivity index (χ2n) is 3.76. The van der Waals surface area contributed by atoms with E-state index in [1.54, 1.807) is 0 Å². The van der Waals surface area contributed by atoms with Crippen LogP contribution in [0.5, 0.6) is 0 Å². The topological polar surface area (TPSA) is 38.1 Å². The smallest absolute Gasteiger partial charge is 0.192 e. The van der Waals surface area contributed by atoms with E-state index in [4.69, 9.17) is 4.42 Å². The highest BCUT2D eigenvalue weighted by atomic mass is 32.1. The minimum atomic E-state index is 0.723. The average Bonchev–Trinajstić information content (AvgIpc) is 2.64. The van der Waals surface area contributed by atoms with Crippen molar-refractivity contribution in [2.24, 2.45) is 0 Å². The summed E-state index contributed by atoms with van der Waals surface area (Å²) < 4.78 is 5.43. The summed E-state index contributed by atoms with van der Waals surface area (Å²) in [4.78, 5) is 4.32. The zero-order chi connectivity index (χ0) is 11.4. The molecule has 0 unspecified atom stereocenters.